The third-order valence-electron chi connectivity index (χ3n) is 5.67. The van der Waals surface area contributed by atoms with Gasteiger partial charge in [0.1, 0.15) is 18.1 Å². The van der Waals surface area contributed by atoms with Crippen LogP contribution in [0.4, 0.5) is 21.7 Å². The van der Waals surface area contributed by atoms with Crippen LogP contribution in [0, 0.1) is 0 Å². The lowest BCUT2D eigenvalue weighted by atomic mass is 10.1. The molecule has 2 N–H and O–H groups in total. The smallest absolute Gasteiger partial charge is 0.283 e. The molecule has 0 spiro atoms. The molecule has 0 unspecified atom stereocenters. The highest BCUT2D eigenvalue weighted by Crippen LogP contribution is 2.38. The number of amides is 1. The molecule has 0 bridgehead atoms. The van der Waals surface area contributed by atoms with E-state index in [1.165, 1.54) is 7.11 Å². The van der Waals surface area contributed by atoms with Crippen molar-refractivity contribution in [1.29, 1.82) is 0 Å². The molecule has 9 nitrogen and oxygen atoms in total. The molecule has 0 atom stereocenters. The van der Waals surface area contributed by atoms with Gasteiger partial charge in [-0.1, -0.05) is 24.8 Å². The van der Waals surface area contributed by atoms with Gasteiger partial charge in [-0.3, -0.25) is 4.79 Å². The van der Waals surface area contributed by atoms with E-state index >= 15 is 0 Å². The van der Waals surface area contributed by atoms with Crippen molar-refractivity contribution in [3.05, 3.63) is 67.3 Å². The van der Waals surface area contributed by atoms with E-state index in [0.29, 0.717) is 36.3 Å². The number of para-hydroxylation sites is 1. The first kappa shape index (κ1) is 25.6. The second kappa shape index (κ2) is 11.1. The van der Waals surface area contributed by atoms with Gasteiger partial charge >= 0.3 is 0 Å². The summed E-state index contributed by atoms with van der Waals surface area (Å²) in [4.78, 5) is 23.1. The zero-order chi connectivity index (χ0) is 26.5. The summed E-state index contributed by atoms with van der Waals surface area (Å²) in [6.07, 6.45) is 3.68. The molecule has 2 heterocycles. The van der Waals surface area contributed by atoms with E-state index in [0.717, 1.165) is 22.2 Å². The van der Waals surface area contributed by atoms with Crippen molar-refractivity contribution in [3.63, 3.8) is 0 Å². The van der Waals surface area contributed by atoms with Gasteiger partial charge in [-0.05, 0) is 32.3 Å². The number of halogens is 1. The van der Waals surface area contributed by atoms with E-state index in [9.17, 15) is 9.18 Å². The predicted molar refractivity (Wildman–Crippen MR) is 143 cm³/mol. The first-order chi connectivity index (χ1) is 17.8. The van der Waals surface area contributed by atoms with Gasteiger partial charge in [0.05, 0.1) is 24.2 Å². The van der Waals surface area contributed by atoms with Crippen LogP contribution in [-0.4, -0.2) is 59.7 Å². The second-order valence-electron chi connectivity index (χ2n) is 8.62. The summed E-state index contributed by atoms with van der Waals surface area (Å²) in [6.45, 7) is 4.05. The van der Waals surface area contributed by atoms with Gasteiger partial charge in [-0.25, -0.2) is 14.4 Å². The molecule has 0 aliphatic carbocycles. The summed E-state index contributed by atoms with van der Waals surface area (Å²) in [5.41, 5.74) is 3.49. The Hall–Kier alpha value is -4.44. The third kappa shape index (κ3) is 5.87. The number of hydrogen-bond acceptors (Lipinski definition) is 7. The van der Waals surface area contributed by atoms with Crippen LogP contribution >= 0.6 is 0 Å². The number of likely N-dealkylation sites (N-methyl/N-ethyl adjacent to an activating group) is 1. The Kier molecular flexibility index (Phi) is 7.69. The summed E-state index contributed by atoms with van der Waals surface area (Å²) < 4.78 is 26.9. The minimum absolute atomic E-state index is 0.246. The Morgan fingerprint density at radius 3 is 2.68 bits per heavy atom. The Labute approximate surface area is 214 Å². The zero-order valence-electron chi connectivity index (χ0n) is 21.2. The minimum Gasteiger partial charge on any atom is -0.494 e. The molecule has 2 aromatic heterocycles. The molecule has 0 radical (unpaired) electrons. The summed E-state index contributed by atoms with van der Waals surface area (Å²) in [6, 6.07) is 13.1. The van der Waals surface area contributed by atoms with Crippen LogP contribution in [0.3, 0.4) is 0 Å². The van der Waals surface area contributed by atoms with E-state index < -0.39 is 11.7 Å². The van der Waals surface area contributed by atoms with Gasteiger partial charge < -0.3 is 29.6 Å². The lowest BCUT2D eigenvalue weighted by molar-refractivity contribution is -0.114. The molecule has 10 heteroatoms. The predicted octanol–water partition coefficient (Wildman–Crippen LogP) is 4.75. The molecule has 2 aromatic carbocycles. The van der Waals surface area contributed by atoms with Crippen LogP contribution in [0.2, 0.25) is 0 Å². The van der Waals surface area contributed by atoms with Crippen molar-refractivity contribution in [2.45, 2.75) is 0 Å². The van der Waals surface area contributed by atoms with Crippen LogP contribution < -0.4 is 20.1 Å². The molecule has 192 valence electrons. The number of carbonyl (C=O) groups excluding carboxylic acids is 1. The molecular weight excluding hydrogens is 475 g/mol. The summed E-state index contributed by atoms with van der Waals surface area (Å²) >= 11 is 0. The molecule has 1 amide bonds. The Balaban J connectivity index is 1.68. The van der Waals surface area contributed by atoms with Crippen LogP contribution in [-0.2, 0) is 11.8 Å². The van der Waals surface area contributed by atoms with Gasteiger partial charge in [0.25, 0.3) is 5.91 Å². The number of aryl methyl sites for hydroxylation is 1. The molecule has 4 rings (SSSR count). The van der Waals surface area contributed by atoms with Crippen molar-refractivity contribution in [2.75, 3.05) is 45.0 Å². The third-order valence-corrected chi connectivity index (χ3v) is 5.67. The van der Waals surface area contributed by atoms with E-state index in [4.69, 9.17) is 14.5 Å². The number of hydrogen-bond donors (Lipinski definition) is 2. The highest BCUT2D eigenvalue weighted by molar-refractivity contribution is 6.03. The molecule has 4 aromatic rings. The standard InChI is InChI=1S/C27H29FN6O3/c1-17(28)26(35)30-22-14-21(24(36-5)15-25(22)37-13-12-33(2)3)32-27-29-11-10-20(31-27)19-16-34(4)23-9-7-6-8-18(19)23/h6-11,14-16H,1,12-13H2,2-5H3,(H,30,35)(H,29,31,32). The largest absolute Gasteiger partial charge is 0.494 e. The van der Waals surface area contributed by atoms with Gasteiger partial charge in [0.15, 0.2) is 5.83 Å². The fourth-order valence-corrected chi connectivity index (χ4v) is 3.81. The lowest BCUT2D eigenvalue weighted by Gasteiger charge is -2.18. The van der Waals surface area contributed by atoms with E-state index in [2.05, 4.69) is 22.2 Å². The number of nitrogens with one attached hydrogen (secondary N) is 2. The number of anilines is 3. The topological polar surface area (TPSA) is 93.5 Å². The van der Waals surface area contributed by atoms with Gasteiger partial charge in [-0.2, -0.15) is 0 Å². The fourth-order valence-electron chi connectivity index (χ4n) is 3.81. The molecular formula is C27H29FN6O3. The first-order valence-electron chi connectivity index (χ1n) is 11.6. The molecule has 0 fully saturated rings. The molecule has 37 heavy (non-hydrogen) atoms. The van der Waals surface area contributed by atoms with Gasteiger partial charge in [0, 0.05) is 48.5 Å². The average molecular weight is 505 g/mol. The Morgan fingerprint density at radius 1 is 1.16 bits per heavy atom. The second-order valence-corrected chi connectivity index (χ2v) is 8.62. The van der Waals surface area contributed by atoms with E-state index in [-0.39, 0.29) is 5.69 Å². The highest BCUT2D eigenvalue weighted by Gasteiger charge is 2.17. The minimum atomic E-state index is -1.12. The summed E-state index contributed by atoms with van der Waals surface area (Å²) in [5, 5.41) is 6.71. The number of benzene rings is 2. The number of rotatable bonds is 10. The molecule has 0 saturated heterocycles. The molecule has 0 aliphatic heterocycles. The number of ether oxygens (including phenoxy) is 2. The highest BCUT2D eigenvalue weighted by atomic mass is 19.1. The summed E-state index contributed by atoms with van der Waals surface area (Å²) in [5.74, 6) is -1.02. The first-order valence-corrected chi connectivity index (χ1v) is 11.6. The number of nitrogens with zero attached hydrogens (tertiary/aromatic N) is 4. The van der Waals surface area contributed by atoms with E-state index in [1.54, 1.807) is 18.3 Å². The zero-order valence-corrected chi connectivity index (χ0v) is 21.2. The molecule has 0 saturated carbocycles. The van der Waals surface area contributed by atoms with Crippen molar-refractivity contribution >= 4 is 34.1 Å². The maximum Gasteiger partial charge on any atom is 0.283 e. The Morgan fingerprint density at radius 2 is 1.95 bits per heavy atom. The SMILES string of the molecule is C=C(F)C(=O)Nc1cc(Nc2nccc(-c3cn(C)c4ccccc34)n2)c(OC)cc1OCCN(C)C. The summed E-state index contributed by atoms with van der Waals surface area (Å²) in [7, 11) is 7.33. The van der Waals surface area contributed by atoms with E-state index in [1.807, 2.05) is 67.1 Å². The number of methoxy groups -OCH3 is 1. The van der Waals surface area contributed by atoms with Crippen LogP contribution in [0.5, 0.6) is 11.5 Å². The van der Waals surface area contributed by atoms with Crippen LogP contribution in [0.1, 0.15) is 0 Å². The van der Waals surface area contributed by atoms with Crippen LogP contribution in [0.25, 0.3) is 22.2 Å². The fraction of sp³-hybridized carbons (Fsp3) is 0.222. The van der Waals surface area contributed by atoms with Crippen LogP contribution in [0.15, 0.2) is 67.3 Å². The number of fused-ring (bicyclic) bond motifs is 1. The van der Waals surface area contributed by atoms with Crippen molar-refractivity contribution in [3.8, 4) is 22.8 Å². The van der Waals surface area contributed by atoms with Crippen molar-refractivity contribution in [2.24, 2.45) is 7.05 Å². The van der Waals surface area contributed by atoms with Crippen molar-refractivity contribution in [1.82, 2.24) is 19.4 Å². The van der Waals surface area contributed by atoms with Gasteiger partial charge in [-0.15, -0.1) is 0 Å². The van der Waals surface area contributed by atoms with Crippen molar-refractivity contribution < 1.29 is 18.7 Å². The maximum absolute atomic E-state index is 13.5. The Bertz CT molecular complexity index is 1450. The maximum atomic E-state index is 13.5. The normalized spacial score (nSPS) is 11.0. The van der Waals surface area contributed by atoms with Gasteiger partial charge in [0.2, 0.25) is 5.95 Å². The quantitative estimate of drug-likeness (QED) is 0.301. The molecule has 0 aliphatic rings. The monoisotopic (exact) mass is 504 g/mol. The number of aromatic nitrogens is 3. The number of carbonyl (C=O) groups is 1. The lowest BCUT2D eigenvalue weighted by Crippen LogP contribution is -2.20. The average Bonchev–Trinajstić information content (AvgIpc) is 3.21.